The molecule has 2 heterocycles. The number of fused-ring (bicyclic) bond motifs is 3. The maximum absolute atomic E-state index is 12.9. The molecule has 0 atom stereocenters. The number of para-hydroxylation sites is 1. The molecular formula is C19H21N3O2. The highest BCUT2D eigenvalue weighted by Gasteiger charge is 2.23. The minimum atomic E-state index is -0.0844. The lowest BCUT2D eigenvalue weighted by molar-refractivity contribution is 0.0939. The number of pyridine rings is 1. The van der Waals surface area contributed by atoms with E-state index in [1.807, 2.05) is 35.9 Å². The molecule has 24 heavy (non-hydrogen) atoms. The molecule has 5 heteroatoms. The predicted molar refractivity (Wildman–Crippen MR) is 95.4 cm³/mol. The molecule has 5 nitrogen and oxygen atoms in total. The van der Waals surface area contributed by atoms with Crippen molar-refractivity contribution in [2.45, 2.75) is 31.7 Å². The molecule has 0 unspecified atom stereocenters. The fraction of sp³-hybridized carbons (Fsp3) is 0.368. The summed E-state index contributed by atoms with van der Waals surface area (Å²) in [6, 6.07) is 8.10. The zero-order valence-electron chi connectivity index (χ0n) is 14.0. The number of nitrogens with one attached hydrogen (secondary N) is 1. The van der Waals surface area contributed by atoms with Gasteiger partial charge in [-0.1, -0.05) is 31.0 Å². The first-order valence-corrected chi connectivity index (χ1v) is 8.45. The van der Waals surface area contributed by atoms with E-state index in [1.54, 1.807) is 13.2 Å². The first-order valence-electron chi connectivity index (χ1n) is 8.45. The Bertz CT molecular complexity index is 1010. The van der Waals surface area contributed by atoms with Crippen molar-refractivity contribution >= 4 is 27.7 Å². The highest BCUT2D eigenvalue weighted by atomic mass is 16.2. The van der Waals surface area contributed by atoms with Crippen LogP contribution in [-0.4, -0.2) is 21.1 Å². The van der Waals surface area contributed by atoms with Gasteiger partial charge in [-0.25, -0.2) is 0 Å². The zero-order valence-corrected chi connectivity index (χ0v) is 14.0. The van der Waals surface area contributed by atoms with Crippen LogP contribution in [0.4, 0.5) is 0 Å². The largest absolute Gasteiger partial charge is 0.349 e. The third kappa shape index (κ3) is 2.15. The predicted octanol–water partition coefficient (Wildman–Crippen LogP) is 2.70. The van der Waals surface area contributed by atoms with Crippen LogP contribution in [0.5, 0.6) is 0 Å². The van der Waals surface area contributed by atoms with Crippen LogP contribution in [-0.2, 0) is 14.1 Å². The van der Waals surface area contributed by atoms with E-state index < -0.39 is 0 Å². The number of rotatable bonds is 2. The van der Waals surface area contributed by atoms with Crippen LogP contribution in [0, 0.1) is 0 Å². The van der Waals surface area contributed by atoms with E-state index in [9.17, 15) is 9.59 Å². The number of aryl methyl sites for hydroxylation is 2. The Balaban J connectivity index is 1.98. The van der Waals surface area contributed by atoms with Crippen LogP contribution < -0.4 is 10.9 Å². The molecule has 0 spiro atoms. The lowest BCUT2D eigenvalue weighted by Gasteiger charge is -2.13. The molecule has 1 fully saturated rings. The van der Waals surface area contributed by atoms with Gasteiger partial charge in [0, 0.05) is 42.6 Å². The molecule has 1 aliphatic rings. The summed E-state index contributed by atoms with van der Waals surface area (Å²) < 4.78 is 3.39. The number of hydrogen-bond donors (Lipinski definition) is 1. The van der Waals surface area contributed by atoms with Crippen molar-refractivity contribution in [1.82, 2.24) is 14.5 Å². The summed E-state index contributed by atoms with van der Waals surface area (Å²) in [6.07, 6.45) is 6.08. The maximum atomic E-state index is 12.9. The molecular weight excluding hydrogens is 302 g/mol. The van der Waals surface area contributed by atoms with Gasteiger partial charge in [-0.15, -0.1) is 0 Å². The van der Waals surface area contributed by atoms with E-state index in [4.69, 9.17) is 0 Å². The van der Waals surface area contributed by atoms with Gasteiger partial charge in [0.05, 0.1) is 5.56 Å². The Hall–Kier alpha value is -2.56. The molecule has 1 amide bonds. The van der Waals surface area contributed by atoms with Crippen molar-refractivity contribution in [3.05, 3.63) is 46.4 Å². The topological polar surface area (TPSA) is 56.0 Å². The van der Waals surface area contributed by atoms with Crippen LogP contribution in [0.3, 0.4) is 0 Å². The number of hydrogen-bond acceptors (Lipinski definition) is 2. The number of benzene rings is 1. The Morgan fingerprint density at radius 2 is 1.88 bits per heavy atom. The Morgan fingerprint density at radius 1 is 1.17 bits per heavy atom. The van der Waals surface area contributed by atoms with Crippen LogP contribution in [0.25, 0.3) is 21.8 Å². The van der Waals surface area contributed by atoms with Crippen LogP contribution in [0.2, 0.25) is 0 Å². The minimum absolute atomic E-state index is 0.0823. The number of nitrogens with zero attached hydrogens (tertiary/aromatic N) is 2. The molecule has 1 saturated carbocycles. The molecule has 4 rings (SSSR count). The van der Waals surface area contributed by atoms with Gasteiger partial charge in [0.1, 0.15) is 5.52 Å². The summed E-state index contributed by atoms with van der Waals surface area (Å²) in [5.74, 6) is -0.0844. The van der Waals surface area contributed by atoms with E-state index in [-0.39, 0.29) is 17.5 Å². The smallest absolute Gasteiger partial charge is 0.274 e. The monoisotopic (exact) mass is 323 g/mol. The minimum Gasteiger partial charge on any atom is -0.349 e. The Labute approximate surface area is 139 Å². The van der Waals surface area contributed by atoms with Crippen molar-refractivity contribution < 1.29 is 4.79 Å². The van der Waals surface area contributed by atoms with Gasteiger partial charge in [-0.2, -0.15) is 0 Å². The molecule has 2 aromatic heterocycles. The molecule has 0 bridgehead atoms. The Morgan fingerprint density at radius 3 is 2.62 bits per heavy atom. The summed E-state index contributed by atoms with van der Waals surface area (Å²) in [7, 11) is 3.58. The number of amides is 1. The molecule has 1 aromatic carbocycles. The first-order chi connectivity index (χ1) is 11.6. The average molecular weight is 323 g/mol. The van der Waals surface area contributed by atoms with Crippen molar-refractivity contribution in [3.8, 4) is 0 Å². The summed E-state index contributed by atoms with van der Waals surface area (Å²) in [5, 5.41) is 4.85. The van der Waals surface area contributed by atoms with Gasteiger partial charge in [-0.3, -0.25) is 9.59 Å². The van der Waals surface area contributed by atoms with E-state index in [2.05, 4.69) is 5.32 Å². The zero-order chi connectivity index (χ0) is 16.8. The van der Waals surface area contributed by atoms with Gasteiger partial charge in [0.15, 0.2) is 0 Å². The molecule has 1 aliphatic carbocycles. The second-order valence-electron chi connectivity index (χ2n) is 6.71. The second-order valence-corrected chi connectivity index (χ2v) is 6.71. The van der Waals surface area contributed by atoms with Crippen molar-refractivity contribution in [2.24, 2.45) is 14.1 Å². The fourth-order valence-corrected chi connectivity index (χ4v) is 3.91. The normalized spacial score (nSPS) is 15.4. The average Bonchev–Trinajstić information content (AvgIpc) is 3.18. The third-order valence-electron chi connectivity index (χ3n) is 5.16. The lowest BCUT2D eigenvalue weighted by atomic mass is 10.1. The van der Waals surface area contributed by atoms with Crippen LogP contribution in [0.15, 0.2) is 35.3 Å². The summed E-state index contributed by atoms with van der Waals surface area (Å²) in [4.78, 5) is 25.5. The Kier molecular flexibility index (Phi) is 3.44. The summed E-state index contributed by atoms with van der Waals surface area (Å²) in [5.41, 5.74) is 2.04. The molecule has 0 radical (unpaired) electrons. The van der Waals surface area contributed by atoms with Crippen molar-refractivity contribution in [1.29, 1.82) is 0 Å². The van der Waals surface area contributed by atoms with Crippen molar-refractivity contribution in [3.63, 3.8) is 0 Å². The van der Waals surface area contributed by atoms with Gasteiger partial charge < -0.3 is 14.5 Å². The lowest BCUT2D eigenvalue weighted by Crippen LogP contribution is -2.33. The molecule has 0 aliphatic heterocycles. The van der Waals surface area contributed by atoms with E-state index in [0.717, 1.165) is 29.1 Å². The highest BCUT2D eigenvalue weighted by Crippen LogP contribution is 2.29. The van der Waals surface area contributed by atoms with Gasteiger partial charge in [-0.05, 0) is 18.9 Å². The standard InChI is InChI=1S/C19H21N3O2/c1-21-11-14(18(23)20-12-7-3-4-8-12)16-13-9-5-6-10-15(13)22(2)17(16)19(21)24/h5-6,9-12H,3-4,7-8H2,1-2H3,(H,20,23). The number of carbonyl (C=O) groups excluding carboxylic acids is 1. The third-order valence-corrected chi connectivity index (χ3v) is 5.16. The van der Waals surface area contributed by atoms with Crippen LogP contribution >= 0.6 is 0 Å². The number of carbonyl (C=O) groups is 1. The van der Waals surface area contributed by atoms with E-state index in [1.165, 1.54) is 17.4 Å². The summed E-state index contributed by atoms with van der Waals surface area (Å²) in [6.45, 7) is 0. The molecule has 0 saturated heterocycles. The van der Waals surface area contributed by atoms with Gasteiger partial charge >= 0.3 is 0 Å². The maximum Gasteiger partial charge on any atom is 0.274 e. The highest BCUT2D eigenvalue weighted by molar-refractivity contribution is 6.17. The molecule has 1 N–H and O–H groups in total. The SMILES string of the molecule is Cn1cc(C(=O)NC2CCCC2)c2c3ccccc3n(C)c2c1=O. The van der Waals surface area contributed by atoms with E-state index in [0.29, 0.717) is 11.1 Å². The van der Waals surface area contributed by atoms with Crippen LogP contribution in [0.1, 0.15) is 36.0 Å². The van der Waals surface area contributed by atoms with Gasteiger partial charge in [0.25, 0.3) is 11.5 Å². The first kappa shape index (κ1) is 15.0. The molecule has 3 aromatic rings. The fourth-order valence-electron chi connectivity index (χ4n) is 3.91. The summed E-state index contributed by atoms with van der Waals surface area (Å²) >= 11 is 0. The quantitative estimate of drug-likeness (QED) is 0.788. The second kappa shape index (κ2) is 5.51. The molecule has 124 valence electrons. The van der Waals surface area contributed by atoms with E-state index >= 15 is 0 Å². The van der Waals surface area contributed by atoms with Gasteiger partial charge in [0.2, 0.25) is 0 Å². The number of aromatic nitrogens is 2. The van der Waals surface area contributed by atoms with Crippen molar-refractivity contribution in [2.75, 3.05) is 0 Å².